The van der Waals surface area contributed by atoms with Gasteiger partial charge in [-0.1, -0.05) is 235 Å². The van der Waals surface area contributed by atoms with E-state index in [2.05, 4.69) is 93.7 Å². The fourth-order valence-corrected chi connectivity index (χ4v) is 7.27. The van der Waals surface area contributed by atoms with Crippen molar-refractivity contribution in [1.29, 1.82) is 0 Å². The van der Waals surface area contributed by atoms with Crippen LogP contribution < -0.4 is 0 Å². The Hall–Kier alpha value is -3.15. The van der Waals surface area contributed by atoms with Crippen molar-refractivity contribution in [2.45, 2.75) is 258 Å². The number of carbonyl (C=O) groups is 3. The maximum atomic E-state index is 12.8. The summed E-state index contributed by atoms with van der Waals surface area (Å²) in [7, 11) is 0. The molecule has 0 saturated heterocycles. The standard InChI is InChI=1S/C57H98O6/c1-4-7-10-13-16-19-21-23-24-25-26-27-28-29-30-31-32-34-35-38-41-44-47-50-56(59)62-53-54(52-61-55(58)49-46-43-40-37-18-15-12-9-6-3)63-57(60)51-48-45-42-39-36-33-22-20-17-14-11-8-5-2/h7,10,16,19,23-24,26-27,29-30,32,34,54H,4-6,8-9,11-15,17-18,20-22,25,28,31,33,35-53H2,1-3H3/b10-7-,19-16-,24-23-,27-26-,30-29-,34-32-. The van der Waals surface area contributed by atoms with Crippen molar-refractivity contribution in [3.63, 3.8) is 0 Å². The van der Waals surface area contributed by atoms with Crippen LogP contribution in [-0.4, -0.2) is 37.2 Å². The average molecular weight is 879 g/mol. The van der Waals surface area contributed by atoms with Crippen LogP contribution in [0.4, 0.5) is 0 Å². The van der Waals surface area contributed by atoms with Gasteiger partial charge in [-0.05, 0) is 70.6 Å². The Morgan fingerprint density at radius 2 is 0.619 bits per heavy atom. The van der Waals surface area contributed by atoms with Gasteiger partial charge in [0.05, 0.1) is 0 Å². The Labute approximate surface area is 389 Å². The summed E-state index contributed by atoms with van der Waals surface area (Å²) in [6, 6.07) is 0. The quantitative estimate of drug-likeness (QED) is 0.0262. The number of allylic oxidation sites excluding steroid dienone is 12. The van der Waals surface area contributed by atoms with Crippen LogP contribution in [0.3, 0.4) is 0 Å². The first-order chi connectivity index (χ1) is 31.0. The zero-order valence-electron chi connectivity index (χ0n) is 41.3. The lowest BCUT2D eigenvalue weighted by molar-refractivity contribution is -0.167. The summed E-state index contributed by atoms with van der Waals surface area (Å²) < 4.78 is 16.8. The van der Waals surface area contributed by atoms with E-state index in [0.29, 0.717) is 19.3 Å². The van der Waals surface area contributed by atoms with Gasteiger partial charge in [-0.15, -0.1) is 0 Å². The van der Waals surface area contributed by atoms with Crippen molar-refractivity contribution in [3.05, 3.63) is 72.9 Å². The number of ether oxygens (including phenoxy) is 3. The van der Waals surface area contributed by atoms with Gasteiger partial charge >= 0.3 is 17.9 Å². The molecule has 0 N–H and O–H groups in total. The van der Waals surface area contributed by atoms with Crippen molar-refractivity contribution in [2.75, 3.05) is 13.2 Å². The first-order valence-electron chi connectivity index (χ1n) is 26.4. The zero-order chi connectivity index (χ0) is 45.8. The van der Waals surface area contributed by atoms with Crippen LogP contribution in [0, 0.1) is 0 Å². The third-order valence-electron chi connectivity index (χ3n) is 11.2. The van der Waals surface area contributed by atoms with Crippen molar-refractivity contribution in [2.24, 2.45) is 0 Å². The molecule has 0 aliphatic carbocycles. The number of rotatable bonds is 47. The molecule has 0 heterocycles. The van der Waals surface area contributed by atoms with Crippen molar-refractivity contribution < 1.29 is 28.6 Å². The van der Waals surface area contributed by atoms with Crippen LogP contribution in [0.5, 0.6) is 0 Å². The molecule has 0 spiro atoms. The lowest BCUT2D eigenvalue weighted by Crippen LogP contribution is -2.30. The Bertz CT molecular complexity index is 1190. The second-order valence-electron chi connectivity index (χ2n) is 17.4. The highest BCUT2D eigenvalue weighted by atomic mass is 16.6. The van der Waals surface area contributed by atoms with E-state index >= 15 is 0 Å². The monoisotopic (exact) mass is 879 g/mol. The largest absolute Gasteiger partial charge is 0.462 e. The predicted molar refractivity (Wildman–Crippen MR) is 270 cm³/mol. The third kappa shape index (κ3) is 49.7. The third-order valence-corrected chi connectivity index (χ3v) is 11.2. The van der Waals surface area contributed by atoms with Crippen LogP contribution in [0.1, 0.15) is 252 Å². The molecule has 362 valence electrons. The van der Waals surface area contributed by atoms with Gasteiger partial charge in [-0.2, -0.15) is 0 Å². The number of carbonyl (C=O) groups excluding carboxylic acids is 3. The lowest BCUT2D eigenvalue weighted by Gasteiger charge is -2.18. The highest BCUT2D eigenvalue weighted by Gasteiger charge is 2.19. The average Bonchev–Trinajstić information content (AvgIpc) is 3.28. The second-order valence-corrected chi connectivity index (χ2v) is 17.4. The van der Waals surface area contributed by atoms with E-state index in [4.69, 9.17) is 14.2 Å². The first kappa shape index (κ1) is 59.9. The van der Waals surface area contributed by atoms with Crippen molar-refractivity contribution in [1.82, 2.24) is 0 Å². The molecular weight excluding hydrogens is 781 g/mol. The van der Waals surface area contributed by atoms with E-state index < -0.39 is 6.10 Å². The zero-order valence-corrected chi connectivity index (χ0v) is 41.3. The van der Waals surface area contributed by atoms with Crippen LogP contribution >= 0.6 is 0 Å². The molecule has 0 aromatic heterocycles. The molecule has 0 saturated carbocycles. The van der Waals surface area contributed by atoms with Gasteiger partial charge in [0.2, 0.25) is 0 Å². The molecule has 63 heavy (non-hydrogen) atoms. The molecule has 0 bridgehead atoms. The highest BCUT2D eigenvalue weighted by Crippen LogP contribution is 2.15. The molecule has 6 nitrogen and oxygen atoms in total. The molecule has 0 aliphatic heterocycles. The molecule has 0 amide bonds. The van der Waals surface area contributed by atoms with E-state index in [0.717, 1.165) is 109 Å². The van der Waals surface area contributed by atoms with Crippen LogP contribution in [-0.2, 0) is 28.6 Å². The Morgan fingerprint density at radius 3 is 0.968 bits per heavy atom. The van der Waals surface area contributed by atoms with Gasteiger partial charge in [0.15, 0.2) is 6.10 Å². The second kappa shape index (κ2) is 51.5. The van der Waals surface area contributed by atoms with E-state index in [1.54, 1.807) is 0 Å². The summed E-state index contributed by atoms with van der Waals surface area (Å²) >= 11 is 0. The smallest absolute Gasteiger partial charge is 0.306 e. The van der Waals surface area contributed by atoms with Gasteiger partial charge in [0.25, 0.3) is 0 Å². The number of hydrogen-bond donors (Lipinski definition) is 0. The van der Waals surface area contributed by atoms with E-state index in [1.807, 2.05) is 0 Å². The Balaban J connectivity index is 4.32. The molecule has 6 heteroatoms. The van der Waals surface area contributed by atoms with Crippen LogP contribution in [0.15, 0.2) is 72.9 Å². The highest BCUT2D eigenvalue weighted by molar-refractivity contribution is 5.71. The molecule has 1 atom stereocenters. The number of esters is 3. The maximum Gasteiger partial charge on any atom is 0.306 e. The lowest BCUT2D eigenvalue weighted by atomic mass is 10.0. The molecule has 0 fully saturated rings. The van der Waals surface area contributed by atoms with E-state index in [9.17, 15) is 14.4 Å². The fraction of sp³-hybridized carbons (Fsp3) is 0.737. The Morgan fingerprint density at radius 1 is 0.333 bits per heavy atom. The Kier molecular flexibility index (Phi) is 48.9. The normalized spacial score (nSPS) is 12.6. The van der Waals surface area contributed by atoms with E-state index in [-0.39, 0.29) is 31.1 Å². The fourth-order valence-electron chi connectivity index (χ4n) is 7.27. The minimum atomic E-state index is -0.781. The van der Waals surface area contributed by atoms with E-state index in [1.165, 1.54) is 103 Å². The van der Waals surface area contributed by atoms with Gasteiger partial charge < -0.3 is 14.2 Å². The van der Waals surface area contributed by atoms with Gasteiger partial charge in [-0.3, -0.25) is 14.4 Å². The summed E-state index contributed by atoms with van der Waals surface area (Å²) in [5.74, 6) is -0.905. The van der Waals surface area contributed by atoms with Crippen LogP contribution in [0.25, 0.3) is 0 Å². The molecule has 0 rings (SSSR count). The SMILES string of the molecule is CC/C=C\C/C=C\C/C=C\C/C=C\C/C=C\C/C=C\CCCCCCC(=O)OCC(COC(=O)CCCCCCCCCCC)OC(=O)CCCCCCCCCCCCCCC. The summed E-state index contributed by atoms with van der Waals surface area (Å²) in [6.07, 6.45) is 64.6. The number of unbranched alkanes of at least 4 members (excludes halogenated alkanes) is 24. The molecular formula is C57H98O6. The summed E-state index contributed by atoms with van der Waals surface area (Å²) in [4.78, 5) is 37.9. The van der Waals surface area contributed by atoms with Gasteiger partial charge in [0.1, 0.15) is 13.2 Å². The molecule has 0 aliphatic rings. The number of hydrogen-bond acceptors (Lipinski definition) is 6. The topological polar surface area (TPSA) is 78.9 Å². The van der Waals surface area contributed by atoms with Crippen molar-refractivity contribution >= 4 is 17.9 Å². The first-order valence-corrected chi connectivity index (χ1v) is 26.4. The summed E-state index contributed by atoms with van der Waals surface area (Å²) in [5, 5.41) is 0. The van der Waals surface area contributed by atoms with Gasteiger partial charge in [0, 0.05) is 19.3 Å². The predicted octanol–water partition coefficient (Wildman–Crippen LogP) is 17.4. The molecule has 0 aromatic carbocycles. The van der Waals surface area contributed by atoms with Crippen molar-refractivity contribution in [3.8, 4) is 0 Å². The minimum Gasteiger partial charge on any atom is -0.462 e. The van der Waals surface area contributed by atoms with Crippen LogP contribution in [0.2, 0.25) is 0 Å². The molecule has 1 unspecified atom stereocenters. The summed E-state index contributed by atoms with van der Waals surface area (Å²) in [6.45, 7) is 6.49. The van der Waals surface area contributed by atoms with Gasteiger partial charge in [-0.25, -0.2) is 0 Å². The minimum absolute atomic E-state index is 0.0809. The maximum absolute atomic E-state index is 12.8. The molecule has 0 radical (unpaired) electrons. The molecule has 0 aromatic rings. The summed E-state index contributed by atoms with van der Waals surface area (Å²) in [5.41, 5.74) is 0.